The molecule has 100 valence electrons. The Morgan fingerprint density at radius 2 is 1.95 bits per heavy atom. The van der Waals surface area contributed by atoms with Gasteiger partial charge in [0.2, 0.25) is 0 Å². The maximum Gasteiger partial charge on any atom is 0.163 e. The molecule has 0 aliphatic heterocycles. The molecule has 5 nitrogen and oxygen atoms in total. The van der Waals surface area contributed by atoms with Crippen LogP contribution in [0.3, 0.4) is 0 Å². The van der Waals surface area contributed by atoms with E-state index in [9.17, 15) is 0 Å². The van der Waals surface area contributed by atoms with Crippen molar-refractivity contribution < 1.29 is 0 Å². The monoisotopic (exact) mass is 329 g/mol. The summed E-state index contributed by atoms with van der Waals surface area (Å²) in [5.74, 6) is 2.13. The van der Waals surface area contributed by atoms with E-state index >= 15 is 0 Å². The molecule has 2 heterocycles. The average Bonchev–Trinajstić information content (AvgIpc) is 2.94. The van der Waals surface area contributed by atoms with Crippen LogP contribution >= 0.6 is 15.9 Å². The van der Waals surface area contributed by atoms with E-state index in [4.69, 9.17) is 0 Å². The first-order chi connectivity index (χ1) is 9.76. The summed E-state index contributed by atoms with van der Waals surface area (Å²) in [6.45, 7) is 0. The van der Waals surface area contributed by atoms with Gasteiger partial charge in [0, 0.05) is 24.9 Å². The second-order valence-corrected chi connectivity index (χ2v) is 5.07. The van der Waals surface area contributed by atoms with Gasteiger partial charge in [-0.15, -0.1) is 0 Å². The summed E-state index contributed by atoms with van der Waals surface area (Å²) in [6.07, 6.45) is 3.58. The molecule has 6 heteroatoms. The van der Waals surface area contributed by atoms with Crippen molar-refractivity contribution in [1.29, 1.82) is 0 Å². The van der Waals surface area contributed by atoms with E-state index < -0.39 is 0 Å². The number of halogens is 1. The fourth-order valence-electron chi connectivity index (χ4n) is 1.82. The number of benzene rings is 1. The normalized spacial score (nSPS) is 10.5. The highest BCUT2D eigenvalue weighted by Gasteiger charge is 2.08. The first kappa shape index (κ1) is 12.8. The standard InChI is InChI=1S/C14H12BrN5/c1-16-12-7-13(20-9-11(15)8-17-20)19-14(18-12)10-5-3-2-4-6-10/h2-9H,1H3,(H,16,18,19). The van der Waals surface area contributed by atoms with Gasteiger partial charge in [-0.25, -0.2) is 14.6 Å². The van der Waals surface area contributed by atoms with Crippen molar-refractivity contribution in [3.05, 3.63) is 53.3 Å². The van der Waals surface area contributed by atoms with Crippen LogP contribution in [0.5, 0.6) is 0 Å². The summed E-state index contributed by atoms with van der Waals surface area (Å²) >= 11 is 3.39. The van der Waals surface area contributed by atoms with Crippen LogP contribution in [-0.2, 0) is 0 Å². The highest BCUT2D eigenvalue weighted by atomic mass is 79.9. The molecule has 0 spiro atoms. The van der Waals surface area contributed by atoms with Crippen molar-refractivity contribution >= 4 is 21.7 Å². The first-order valence-electron chi connectivity index (χ1n) is 6.09. The molecule has 0 atom stereocenters. The van der Waals surface area contributed by atoms with Crippen molar-refractivity contribution in [3.63, 3.8) is 0 Å². The topological polar surface area (TPSA) is 55.6 Å². The zero-order chi connectivity index (χ0) is 13.9. The summed E-state index contributed by atoms with van der Waals surface area (Å²) in [5.41, 5.74) is 0.970. The molecule has 3 rings (SSSR count). The molecule has 1 aromatic carbocycles. The second-order valence-electron chi connectivity index (χ2n) is 4.15. The quantitative estimate of drug-likeness (QED) is 0.802. The number of aromatic nitrogens is 4. The van der Waals surface area contributed by atoms with Crippen LogP contribution in [0.15, 0.2) is 53.3 Å². The van der Waals surface area contributed by atoms with E-state index in [1.165, 1.54) is 0 Å². The van der Waals surface area contributed by atoms with Crippen LogP contribution in [0.1, 0.15) is 0 Å². The minimum absolute atomic E-state index is 0.666. The number of hydrogen-bond acceptors (Lipinski definition) is 4. The van der Waals surface area contributed by atoms with E-state index in [0.717, 1.165) is 15.9 Å². The van der Waals surface area contributed by atoms with Crippen molar-refractivity contribution in [3.8, 4) is 17.2 Å². The van der Waals surface area contributed by atoms with Crippen LogP contribution in [0.25, 0.3) is 17.2 Å². The Morgan fingerprint density at radius 3 is 2.60 bits per heavy atom. The minimum atomic E-state index is 0.666. The summed E-state index contributed by atoms with van der Waals surface area (Å²) in [5, 5.41) is 7.30. The summed E-state index contributed by atoms with van der Waals surface area (Å²) in [7, 11) is 1.83. The molecule has 0 fully saturated rings. The number of hydrogen-bond donors (Lipinski definition) is 1. The molecule has 0 saturated heterocycles. The molecule has 1 N–H and O–H groups in total. The smallest absolute Gasteiger partial charge is 0.163 e. The van der Waals surface area contributed by atoms with E-state index in [-0.39, 0.29) is 0 Å². The van der Waals surface area contributed by atoms with Crippen molar-refractivity contribution in [1.82, 2.24) is 19.7 Å². The lowest BCUT2D eigenvalue weighted by atomic mass is 10.2. The predicted molar refractivity (Wildman–Crippen MR) is 81.8 cm³/mol. The van der Waals surface area contributed by atoms with Gasteiger partial charge < -0.3 is 5.32 Å². The van der Waals surface area contributed by atoms with Gasteiger partial charge in [0.15, 0.2) is 11.6 Å². The Balaban J connectivity index is 2.12. The van der Waals surface area contributed by atoms with Crippen molar-refractivity contribution in [2.24, 2.45) is 0 Å². The van der Waals surface area contributed by atoms with Crippen LogP contribution < -0.4 is 5.32 Å². The van der Waals surface area contributed by atoms with Gasteiger partial charge in [-0.2, -0.15) is 5.10 Å². The molecular formula is C14H12BrN5. The third-order valence-corrected chi connectivity index (χ3v) is 3.20. The number of rotatable bonds is 3. The summed E-state index contributed by atoms with van der Waals surface area (Å²) in [4.78, 5) is 9.04. The first-order valence-corrected chi connectivity index (χ1v) is 6.88. The third kappa shape index (κ3) is 2.55. The zero-order valence-electron chi connectivity index (χ0n) is 10.8. The maximum atomic E-state index is 4.56. The SMILES string of the molecule is CNc1cc(-n2cc(Br)cn2)nc(-c2ccccc2)n1. The van der Waals surface area contributed by atoms with Crippen molar-refractivity contribution in [2.75, 3.05) is 12.4 Å². The lowest BCUT2D eigenvalue weighted by Gasteiger charge is -2.07. The fraction of sp³-hybridized carbons (Fsp3) is 0.0714. The van der Waals surface area contributed by atoms with Gasteiger partial charge >= 0.3 is 0 Å². The fourth-order valence-corrected chi connectivity index (χ4v) is 2.11. The number of nitrogens with zero attached hydrogens (tertiary/aromatic N) is 4. The molecule has 2 aromatic heterocycles. The van der Waals surface area contributed by atoms with Gasteiger partial charge in [-0.1, -0.05) is 30.3 Å². The average molecular weight is 330 g/mol. The van der Waals surface area contributed by atoms with Gasteiger partial charge in [-0.05, 0) is 15.9 Å². The van der Waals surface area contributed by atoms with Gasteiger partial charge in [0.25, 0.3) is 0 Å². The molecule has 0 amide bonds. The van der Waals surface area contributed by atoms with Gasteiger partial charge in [0.1, 0.15) is 5.82 Å². The molecular weight excluding hydrogens is 318 g/mol. The van der Waals surface area contributed by atoms with Crippen LogP contribution in [0.4, 0.5) is 5.82 Å². The zero-order valence-corrected chi connectivity index (χ0v) is 12.4. The van der Waals surface area contributed by atoms with Crippen molar-refractivity contribution in [2.45, 2.75) is 0 Å². The Kier molecular flexibility index (Phi) is 3.47. The van der Waals surface area contributed by atoms with Crippen LogP contribution in [-0.4, -0.2) is 26.8 Å². The lowest BCUT2D eigenvalue weighted by Crippen LogP contribution is -2.04. The molecule has 0 bridgehead atoms. The Bertz CT molecular complexity index is 723. The summed E-state index contributed by atoms with van der Waals surface area (Å²) in [6, 6.07) is 11.7. The van der Waals surface area contributed by atoms with Crippen LogP contribution in [0.2, 0.25) is 0 Å². The highest BCUT2D eigenvalue weighted by Crippen LogP contribution is 2.20. The van der Waals surface area contributed by atoms with E-state index in [0.29, 0.717) is 11.6 Å². The van der Waals surface area contributed by atoms with Crippen LogP contribution in [0, 0.1) is 0 Å². The number of anilines is 1. The van der Waals surface area contributed by atoms with E-state index in [1.54, 1.807) is 10.9 Å². The molecule has 0 aliphatic carbocycles. The van der Waals surface area contributed by atoms with Gasteiger partial charge in [0.05, 0.1) is 10.7 Å². The third-order valence-electron chi connectivity index (χ3n) is 2.79. The Hall–Kier alpha value is -2.21. The molecule has 0 aliphatic rings. The largest absolute Gasteiger partial charge is 0.373 e. The number of nitrogens with one attached hydrogen (secondary N) is 1. The highest BCUT2D eigenvalue weighted by molar-refractivity contribution is 9.10. The predicted octanol–water partition coefficient (Wildman–Crippen LogP) is 3.13. The molecule has 0 radical (unpaired) electrons. The molecule has 3 aromatic rings. The van der Waals surface area contributed by atoms with Gasteiger partial charge in [-0.3, -0.25) is 0 Å². The molecule has 20 heavy (non-hydrogen) atoms. The molecule has 0 unspecified atom stereocenters. The molecule has 0 saturated carbocycles. The Labute approximate surface area is 124 Å². The van der Waals surface area contributed by atoms with E-state index in [2.05, 4.69) is 36.3 Å². The Morgan fingerprint density at radius 1 is 1.15 bits per heavy atom. The second kappa shape index (κ2) is 5.42. The lowest BCUT2D eigenvalue weighted by molar-refractivity contribution is 0.842. The maximum absolute atomic E-state index is 4.56. The minimum Gasteiger partial charge on any atom is -0.373 e. The van der Waals surface area contributed by atoms with E-state index in [1.807, 2.05) is 49.6 Å². The summed E-state index contributed by atoms with van der Waals surface area (Å²) < 4.78 is 2.61.